The Labute approximate surface area is 133 Å². The van der Waals surface area contributed by atoms with E-state index in [1.165, 1.54) is 4.88 Å². The third-order valence-electron chi connectivity index (χ3n) is 3.44. The summed E-state index contributed by atoms with van der Waals surface area (Å²) in [5.41, 5.74) is 0.709. The second-order valence-electron chi connectivity index (χ2n) is 5.00. The van der Waals surface area contributed by atoms with Gasteiger partial charge < -0.3 is 9.32 Å². The monoisotopic (exact) mass is 311 g/mol. The molecule has 0 N–H and O–H groups in total. The van der Waals surface area contributed by atoms with Gasteiger partial charge in [-0.3, -0.25) is 4.79 Å². The molecular weight excluding hydrogens is 294 g/mol. The summed E-state index contributed by atoms with van der Waals surface area (Å²) in [6.45, 7) is 1.17. The molecular formula is C18H17NO2S. The van der Waals surface area contributed by atoms with E-state index < -0.39 is 0 Å². The van der Waals surface area contributed by atoms with Crippen LogP contribution < -0.4 is 0 Å². The van der Waals surface area contributed by atoms with Crippen LogP contribution in [-0.2, 0) is 13.0 Å². The van der Waals surface area contributed by atoms with Crippen LogP contribution in [0.15, 0.2) is 70.7 Å². The first-order chi connectivity index (χ1) is 10.8. The van der Waals surface area contributed by atoms with Gasteiger partial charge in [0.1, 0.15) is 5.76 Å². The molecule has 0 aliphatic heterocycles. The number of nitrogens with zero attached hydrogens (tertiary/aromatic N) is 1. The van der Waals surface area contributed by atoms with Crippen molar-refractivity contribution in [1.29, 1.82) is 0 Å². The normalized spacial score (nSPS) is 10.5. The Balaban J connectivity index is 1.74. The zero-order valence-corrected chi connectivity index (χ0v) is 13.0. The van der Waals surface area contributed by atoms with Crippen molar-refractivity contribution in [3.8, 4) is 0 Å². The lowest BCUT2D eigenvalue weighted by Gasteiger charge is -2.21. The van der Waals surface area contributed by atoms with E-state index in [1.807, 2.05) is 53.4 Å². The lowest BCUT2D eigenvalue weighted by Crippen LogP contribution is -2.32. The Kier molecular flexibility index (Phi) is 4.71. The van der Waals surface area contributed by atoms with E-state index in [0.717, 1.165) is 12.2 Å². The molecule has 4 heteroatoms. The van der Waals surface area contributed by atoms with Gasteiger partial charge in [-0.05, 0) is 42.1 Å². The maximum atomic E-state index is 12.7. The fraction of sp³-hybridized carbons (Fsp3) is 0.167. The Morgan fingerprint density at radius 1 is 1.05 bits per heavy atom. The third-order valence-corrected chi connectivity index (χ3v) is 4.38. The van der Waals surface area contributed by atoms with E-state index in [0.29, 0.717) is 18.7 Å². The number of hydrogen-bond donors (Lipinski definition) is 0. The summed E-state index contributed by atoms with van der Waals surface area (Å²) in [5, 5.41) is 2.06. The number of benzene rings is 1. The van der Waals surface area contributed by atoms with Gasteiger partial charge >= 0.3 is 0 Å². The Bertz CT molecular complexity index is 690. The van der Waals surface area contributed by atoms with E-state index in [9.17, 15) is 4.79 Å². The number of furan rings is 1. The van der Waals surface area contributed by atoms with Gasteiger partial charge in [-0.1, -0.05) is 24.3 Å². The third kappa shape index (κ3) is 3.65. The van der Waals surface area contributed by atoms with E-state index >= 15 is 0 Å². The number of rotatable bonds is 6. The molecule has 112 valence electrons. The lowest BCUT2D eigenvalue weighted by molar-refractivity contribution is 0.0734. The molecule has 0 aliphatic rings. The van der Waals surface area contributed by atoms with E-state index in [4.69, 9.17) is 4.42 Å². The molecule has 22 heavy (non-hydrogen) atoms. The van der Waals surface area contributed by atoms with Gasteiger partial charge in [0.25, 0.3) is 5.91 Å². The number of amides is 1. The molecule has 0 saturated carbocycles. The standard InChI is InChI=1S/C18H17NO2S/c20-18(15-6-2-1-3-7-15)19(14-16-8-4-12-21-16)11-10-17-9-5-13-22-17/h1-9,12-13H,10-11,14H2. The van der Waals surface area contributed by atoms with Crippen molar-refractivity contribution < 1.29 is 9.21 Å². The van der Waals surface area contributed by atoms with Crippen LogP contribution in [0.2, 0.25) is 0 Å². The largest absolute Gasteiger partial charge is 0.467 e. The molecule has 0 spiro atoms. The van der Waals surface area contributed by atoms with Crippen molar-refractivity contribution in [2.75, 3.05) is 6.54 Å². The predicted molar refractivity (Wildman–Crippen MR) is 87.9 cm³/mol. The van der Waals surface area contributed by atoms with Gasteiger partial charge in [-0.15, -0.1) is 11.3 Å². The second kappa shape index (κ2) is 7.09. The van der Waals surface area contributed by atoms with E-state index in [2.05, 4.69) is 11.4 Å². The van der Waals surface area contributed by atoms with E-state index in [1.54, 1.807) is 17.6 Å². The van der Waals surface area contributed by atoms with Crippen molar-refractivity contribution in [2.24, 2.45) is 0 Å². The quantitative estimate of drug-likeness (QED) is 0.682. The van der Waals surface area contributed by atoms with Crippen molar-refractivity contribution in [3.63, 3.8) is 0 Å². The summed E-state index contributed by atoms with van der Waals surface area (Å²) < 4.78 is 5.40. The minimum Gasteiger partial charge on any atom is -0.467 e. The van der Waals surface area contributed by atoms with Gasteiger partial charge in [0.05, 0.1) is 12.8 Å². The molecule has 0 unspecified atom stereocenters. The number of carbonyl (C=O) groups excluding carboxylic acids is 1. The minimum atomic E-state index is 0.0357. The Morgan fingerprint density at radius 2 is 1.91 bits per heavy atom. The molecule has 0 atom stereocenters. The fourth-order valence-electron chi connectivity index (χ4n) is 2.31. The average Bonchev–Trinajstić information content (AvgIpc) is 3.25. The first kappa shape index (κ1) is 14.6. The molecule has 3 rings (SSSR count). The summed E-state index contributed by atoms with van der Waals surface area (Å²) in [4.78, 5) is 15.8. The first-order valence-electron chi connectivity index (χ1n) is 7.22. The molecule has 0 bridgehead atoms. The molecule has 1 aromatic carbocycles. The molecule has 1 amide bonds. The van der Waals surface area contributed by atoms with Crippen LogP contribution in [0.1, 0.15) is 21.0 Å². The van der Waals surface area contributed by atoms with Gasteiger partial charge in [-0.2, -0.15) is 0 Å². The minimum absolute atomic E-state index is 0.0357. The van der Waals surface area contributed by atoms with Gasteiger partial charge in [0, 0.05) is 17.0 Å². The molecule has 0 fully saturated rings. The van der Waals surface area contributed by atoms with Crippen molar-refractivity contribution >= 4 is 17.2 Å². The summed E-state index contributed by atoms with van der Waals surface area (Å²) >= 11 is 1.72. The molecule has 0 saturated heterocycles. The zero-order chi connectivity index (χ0) is 15.2. The van der Waals surface area contributed by atoms with Crippen LogP contribution in [0.25, 0.3) is 0 Å². The highest BCUT2D eigenvalue weighted by Crippen LogP contribution is 2.14. The molecule has 0 radical (unpaired) electrons. The molecule has 3 aromatic rings. The van der Waals surface area contributed by atoms with Gasteiger partial charge in [0.15, 0.2) is 0 Å². The predicted octanol–water partition coefficient (Wildman–Crippen LogP) is 4.23. The maximum absolute atomic E-state index is 12.7. The van der Waals surface area contributed by atoms with Crippen LogP contribution in [0.3, 0.4) is 0 Å². The topological polar surface area (TPSA) is 33.5 Å². The molecule has 2 aromatic heterocycles. The highest BCUT2D eigenvalue weighted by molar-refractivity contribution is 7.09. The van der Waals surface area contributed by atoms with Crippen LogP contribution >= 0.6 is 11.3 Å². The molecule has 3 nitrogen and oxygen atoms in total. The fourth-order valence-corrected chi connectivity index (χ4v) is 3.00. The smallest absolute Gasteiger partial charge is 0.254 e. The maximum Gasteiger partial charge on any atom is 0.254 e. The second-order valence-corrected chi connectivity index (χ2v) is 6.03. The van der Waals surface area contributed by atoms with Crippen LogP contribution in [-0.4, -0.2) is 17.4 Å². The SMILES string of the molecule is O=C(c1ccccc1)N(CCc1cccs1)Cc1ccco1. The van der Waals surface area contributed by atoms with Crippen molar-refractivity contribution in [1.82, 2.24) is 4.90 Å². The van der Waals surface area contributed by atoms with Crippen molar-refractivity contribution in [2.45, 2.75) is 13.0 Å². The first-order valence-corrected chi connectivity index (χ1v) is 8.10. The Morgan fingerprint density at radius 3 is 2.59 bits per heavy atom. The summed E-state index contributed by atoms with van der Waals surface area (Å²) in [6.07, 6.45) is 2.50. The number of thiophene rings is 1. The molecule has 2 heterocycles. The average molecular weight is 311 g/mol. The molecule has 0 aliphatic carbocycles. The summed E-state index contributed by atoms with van der Waals surface area (Å²) in [5.74, 6) is 0.837. The Hall–Kier alpha value is -2.33. The highest BCUT2D eigenvalue weighted by Gasteiger charge is 2.17. The summed E-state index contributed by atoms with van der Waals surface area (Å²) in [7, 11) is 0. The number of hydrogen-bond acceptors (Lipinski definition) is 3. The van der Waals surface area contributed by atoms with Crippen LogP contribution in [0, 0.1) is 0 Å². The summed E-state index contributed by atoms with van der Waals surface area (Å²) in [6, 6.07) is 17.3. The van der Waals surface area contributed by atoms with Crippen molar-refractivity contribution in [3.05, 3.63) is 82.4 Å². The van der Waals surface area contributed by atoms with Crippen LogP contribution in [0.5, 0.6) is 0 Å². The van der Waals surface area contributed by atoms with E-state index in [-0.39, 0.29) is 5.91 Å². The zero-order valence-electron chi connectivity index (χ0n) is 12.1. The van der Waals surface area contributed by atoms with Gasteiger partial charge in [-0.25, -0.2) is 0 Å². The lowest BCUT2D eigenvalue weighted by atomic mass is 10.2. The van der Waals surface area contributed by atoms with Crippen LogP contribution in [0.4, 0.5) is 0 Å². The number of carbonyl (C=O) groups is 1. The highest BCUT2D eigenvalue weighted by atomic mass is 32.1. The van der Waals surface area contributed by atoms with Gasteiger partial charge in [0.2, 0.25) is 0 Å².